The lowest BCUT2D eigenvalue weighted by Crippen LogP contribution is -2.29. The average Bonchev–Trinajstić information content (AvgIpc) is 3.55. The monoisotopic (exact) mass is 762 g/mol. The fourth-order valence-electron chi connectivity index (χ4n) is 7.83. The molecule has 0 saturated carbocycles. The van der Waals surface area contributed by atoms with E-state index in [2.05, 4.69) is 23.9 Å². The van der Waals surface area contributed by atoms with E-state index in [1.807, 2.05) is 97.1 Å². The second kappa shape index (κ2) is 17.4. The number of halogens is 2. The molecule has 54 heavy (non-hydrogen) atoms. The number of benzene rings is 4. The summed E-state index contributed by atoms with van der Waals surface area (Å²) in [5.41, 5.74) is 4.24. The molecule has 8 rings (SSSR count). The molecule has 4 heterocycles. The van der Waals surface area contributed by atoms with Crippen LogP contribution in [-0.2, 0) is 12.8 Å². The van der Waals surface area contributed by atoms with Crippen molar-refractivity contribution >= 4 is 44.7 Å². The first-order valence-electron chi connectivity index (χ1n) is 19.1. The van der Waals surface area contributed by atoms with Crippen LogP contribution >= 0.6 is 23.2 Å². The Balaban J connectivity index is 0.000000167. The number of fused-ring (bicyclic) bond motifs is 2. The van der Waals surface area contributed by atoms with E-state index in [1.54, 1.807) is 9.36 Å². The summed E-state index contributed by atoms with van der Waals surface area (Å²) in [7, 11) is 4.29. The van der Waals surface area contributed by atoms with Crippen LogP contribution in [-0.4, -0.2) is 69.6 Å². The topological polar surface area (TPSA) is 76.3 Å². The second-order valence-corrected chi connectivity index (χ2v) is 15.7. The van der Waals surface area contributed by atoms with E-state index >= 15 is 0 Å². The molecule has 2 aliphatic rings. The molecule has 2 aromatic heterocycles. The average molecular weight is 764 g/mol. The minimum absolute atomic E-state index is 0.0278. The van der Waals surface area contributed by atoms with Gasteiger partial charge >= 0.3 is 0 Å². The smallest absolute Gasteiger partial charge is 0.274 e. The SMILES string of the molecule is CN1CCCC(n2nc(Cc3ccc(Cl)cc3)c3ccccc3c2=O)CC1.CN1CCCC(n2nc(Cc3ccc(Cl)cc3)c3ccccc3c2=O)CC1. The molecular weight excluding hydrogens is 715 g/mol. The van der Waals surface area contributed by atoms with Crippen LogP contribution in [0.5, 0.6) is 0 Å². The van der Waals surface area contributed by atoms with Crippen LogP contribution in [0.25, 0.3) is 21.5 Å². The van der Waals surface area contributed by atoms with Crippen molar-refractivity contribution in [3.8, 4) is 0 Å². The van der Waals surface area contributed by atoms with E-state index in [0.29, 0.717) is 12.8 Å². The first-order chi connectivity index (χ1) is 26.2. The Morgan fingerprint density at radius 1 is 0.519 bits per heavy atom. The summed E-state index contributed by atoms with van der Waals surface area (Å²) in [6.07, 6.45) is 7.47. The minimum Gasteiger partial charge on any atom is -0.306 e. The third-order valence-corrected chi connectivity index (χ3v) is 11.4. The number of hydrogen-bond donors (Lipinski definition) is 0. The quantitative estimate of drug-likeness (QED) is 0.169. The van der Waals surface area contributed by atoms with Gasteiger partial charge in [0.05, 0.1) is 34.2 Å². The molecule has 8 nitrogen and oxygen atoms in total. The van der Waals surface area contributed by atoms with Crippen LogP contribution in [0.4, 0.5) is 0 Å². The van der Waals surface area contributed by atoms with Gasteiger partial charge in [-0.05, 0) is 126 Å². The normalized spacial score (nSPS) is 18.5. The van der Waals surface area contributed by atoms with E-state index in [9.17, 15) is 9.59 Å². The summed E-state index contributed by atoms with van der Waals surface area (Å²) >= 11 is 12.0. The molecule has 0 bridgehead atoms. The maximum absolute atomic E-state index is 13.1. The van der Waals surface area contributed by atoms with E-state index in [0.717, 1.165) is 119 Å². The van der Waals surface area contributed by atoms with Crippen molar-refractivity contribution in [2.75, 3.05) is 40.3 Å². The van der Waals surface area contributed by atoms with Crippen molar-refractivity contribution in [3.63, 3.8) is 0 Å². The van der Waals surface area contributed by atoms with Gasteiger partial charge in [-0.15, -0.1) is 0 Å². The second-order valence-electron chi connectivity index (χ2n) is 14.9. The van der Waals surface area contributed by atoms with Crippen LogP contribution in [0.3, 0.4) is 0 Å². The largest absolute Gasteiger partial charge is 0.306 e. The van der Waals surface area contributed by atoms with Crippen LogP contribution in [0.15, 0.2) is 107 Å². The van der Waals surface area contributed by atoms with E-state index in [1.165, 1.54) is 0 Å². The highest BCUT2D eigenvalue weighted by Gasteiger charge is 2.22. The molecule has 2 aliphatic heterocycles. The number of aromatic nitrogens is 4. The number of likely N-dealkylation sites (tertiary alicyclic amines) is 2. The predicted molar refractivity (Wildman–Crippen MR) is 221 cm³/mol. The molecule has 0 radical (unpaired) electrons. The third kappa shape index (κ3) is 8.95. The summed E-state index contributed by atoms with van der Waals surface area (Å²) in [6.45, 7) is 4.16. The van der Waals surface area contributed by atoms with Crippen molar-refractivity contribution in [3.05, 3.63) is 150 Å². The van der Waals surface area contributed by atoms with E-state index < -0.39 is 0 Å². The lowest BCUT2D eigenvalue weighted by Gasteiger charge is -2.19. The first-order valence-corrected chi connectivity index (χ1v) is 19.9. The van der Waals surface area contributed by atoms with Gasteiger partial charge in [-0.3, -0.25) is 9.59 Å². The van der Waals surface area contributed by atoms with Gasteiger partial charge in [-0.25, -0.2) is 9.36 Å². The zero-order chi connectivity index (χ0) is 37.6. The Kier molecular flexibility index (Phi) is 12.2. The maximum Gasteiger partial charge on any atom is 0.274 e. The summed E-state index contributed by atoms with van der Waals surface area (Å²) < 4.78 is 3.51. The molecule has 0 spiro atoms. The Labute approximate surface area is 326 Å². The standard InChI is InChI=1S/2C22H24ClN3O/c2*1-25-13-4-5-18(12-14-25)26-22(27)20-7-3-2-6-19(20)21(24-26)15-16-8-10-17(23)11-9-16/h2*2-3,6-11,18H,4-5,12-15H2,1H3. The Morgan fingerprint density at radius 3 is 1.28 bits per heavy atom. The van der Waals surface area contributed by atoms with Gasteiger partial charge in [0.25, 0.3) is 11.1 Å². The summed E-state index contributed by atoms with van der Waals surface area (Å²) in [4.78, 5) is 30.9. The number of nitrogens with zero attached hydrogens (tertiary/aromatic N) is 6. The van der Waals surface area contributed by atoms with Gasteiger partial charge in [0.1, 0.15) is 0 Å². The van der Waals surface area contributed by atoms with Gasteiger partial charge < -0.3 is 9.80 Å². The Hall–Kier alpha value is -4.34. The third-order valence-electron chi connectivity index (χ3n) is 10.9. The molecule has 2 unspecified atom stereocenters. The van der Waals surface area contributed by atoms with E-state index in [4.69, 9.17) is 33.4 Å². The molecule has 0 amide bonds. The zero-order valence-electron chi connectivity index (χ0n) is 31.1. The van der Waals surface area contributed by atoms with Crippen molar-refractivity contribution in [1.82, 2.24) is 29.4 Å². The summed E-state index contributed by atoms with van der Waals surface area (Å²) in [6, 6.07) is 31.7. The summed E-state index contributed by atoms with van der Waals surface area (Å²) in [5.74, 6) is 0. The highest BCUT2D eigenvalue weighted by Crippen LogP contribution is 2.26. The van der Waals surface area contributed by atoms with Crippen molar-refractivity contribution in [1.29, 1.82) is 0 Å². The van der Waals surface area contributed by atoms with Gasteiger partial charge in [-0.2, -0.15) is 10.2 Å². The van der Waals surface area contributed by atoms with Crippen LogP contribution in [0.2, 0.25) is 10.0 Å². The van der Waals surface area contributed by atoms with Crippen LogP contribution < -0.4 is 11.1 Å². The molecule has 2 fully saturated rings. The van der Waals surface area contributed by atoms with E-state index in [-0.39, 0.29) is 23.2 Å². The zero-order valence-corrected chi connectivity index (χ0v) is 32.6. The van der Waals surface area contributed by atoms with Gasteiger partial charge in [0.2, 0.25) is 0 Å². The molecular formula is C44H48Cl2N6O2. The minimum atomic E-state index is 0.0278. The maximum atomic E-state index is 13.1. The number of hydrogen-bond acceptors (Lipinski definition) is 6. The van der Waals surface area contributed by atoms with Crippen molar-refractivity contribution < 1.29 is 0 Å². The molecule has 0 aliphatic carbocycles. The molecule has 10 heteroatoms. The molecule has 6 aromatic rings. The first kappa shape index (κ1) is 38.0. The Morgan fingerprint density at radius 2 is 0.889 bits per heavy atom. The molecule has 280 valence electrons. The van der Waals surface area contributed by atoms with Crippen molar-refractivity contribution in [2.45, 2.75) is 63.5 Å². The highest BCUT2D eigenvalue weighted by atomic mass is 35.5. The lowest BCUT2D eigenvalue weighted by atomic mass is 10.0. The van der Waals surface area contributed by atoms with Gasteiger partial charge in [0, 0.05) is 33.7 Å². The van der Waals surface area contributed by atoms with Gasteiger partial charge in [0.15, 0.2) is 0 Å². The van der Waals surface area contributed by atoms with Crippen LogP contribution in [0.1, 0.15) is 73.1 Å². The van der Waals surface area contributed by atoms with Crippen LogP contribution in [0, 0.1) is 0 Å². The number of rotatable bonds is 6. The van der Waals surface area contributed by atoms with Gasteiger partial charge in [-0.1, -0.05) is 83.9 Å². The molecule has 4 aromatic carbocycles. The molecule has 2 atom stereocenters. The fourth-order valence-corrected chi connectivity index (χ4v) is 8.08. The van der Waals surface area contributed by atoms with Crippen molar-refractivity contribution in [2.24, 2.45) is 0 Å². The lowest BCUT2D eigenvalue weighted by molar-refractivity contribution is 0.334. The highest BCUT2D eigenvalue weighted by molar-refractivity contribution is 6.30. The molecule has 2 saturated heterocycles. The fraction of sp³-hybridized carbons (Fsp3) is 0.364. The molecule has 0 N–H and O–H groups in total. The Bertz CT molecular complexity index is 2160. The predicted octanol–water partition coefficient (Wildman–Crippen LogP) is 8.60. The summed E-state index contributed by atoms with van der Waals surface area (Å²) in [5, 5.41) is 14.6.